The Labute approximate surface area is 121 Å². The Morgan fingerprint density at radius 2 is 2.00 bits per heavy atom. The fourth-order valence-electron chi connectivity index (χ4n) is 3.14. The number of hydrogen-bond acceptors (Lipinski definition) is 2. The van der Waals surface area contributed by atoms with Crippen molar-refractivity contribution in [1.82, 2.24) is 14.7 Å². The lowest BCUT2D eigenvalue weighted by Crippen LogP contribution is -2.35. The SMILES string of the molecule is c1ccc(C2CCCN(CCCn3cccn3)C2)cc1. The molecule has 1 aliphatic rings. The summed E-state index contributed by atoms with van der Waals surface area (Å²) in [7, 11) is 0. The molecule has 1 aromatic carbocycles. The number of piperidine rings is 1. The van der Waals surface area contributed by atoms with E-state index in [0.29, 0.717) is 0 Å². The highest BCUT2D eigenvalue weighted by Crippen LogP contribution is 2.26. The van der Waals surface area contributed by atoms with Crippen molar-refractivity contribution < 1.29 is 0 Å². The number of benzene rings is 1. The molecule has 2 aromatic rings. The van der Waals surface area contributed by atoms with Crippen LogP contribution in [0.15, 0.2) is 48.8 Å². The lowest BCUT2D eigenvalue weighted by atomic mass is 9.90. The van der Waals surface area contributed by atoms with Gasteiger partial charge in [0.25, 0.3) is 0 Å². The molecular weight excluding hydrogens is 246 g/mol. The zero-order chi connectivity index (χ0) is 13.6. The third kappa shape index (κ3) is 3.48. The molecule has 0 amide bonds. The van der Waals surface area contributed by atoms with E-state index in [-0.39, 0.29) is 0 Å². The predicted octanol–water partition coefficient (Wildman–Crippen LogP) is 3.15. The summed E-state index contributed by atoms with van der Waals surface area (Å²) < 4.78 is 2.03. The molecular formula is C17H23N3. The average Bonchev–Trinajstić information content (AvgIpc) is 3.02. The molecule has 106 valence electrons. The Bertz CT molecular complexity index is 492. The number of rotatable bonds is 5. The maximum absolute atomic E-state index is 4.26. The second-order valence-corrected chi connectivity index (χ2v) is 5.67. The van der Waals surface area contributed by atoms with Crippen LogP contribution in [0.25, 0.3) is 0 Å². The van der Waals surface area contributed by atoms with Gasteiger partial charge < -0.3 is 4.90 Å². The van der Waals surface area contributed by atoms with Crippen molar-refractivity contribution in [1.29, 1.82) is 0 Å². The van der Waals surface area contributed by atoms with Crippen LogP contribution in [0.3, 0.4) is 0 Å². The average molecular weight is 269 g/mol. The first kappa shape index (κ1) is 13.4. The van der Waals surface area contributed by atoms with Gasteiger partial charge in [-0.3, -0.25) is 4.68 Å². The molecule has 3 heteroatoms. The van der Waals surface area contributed by atoms with Gasteiger partial charge >= 0.3 is 0 Å². The minimum atomic E-state index is 0.717. The van der Waals surface area contributed by atoms with Gasteiger partial charge in [-0.1, -0.05) is 30.3 Å². The molecule has 1 saturated heterocycles. The summed E-state index contributed by atoms with van der Waals surface area (Å²) in [5.74, 6) is 0.717. The van der Waals surface area contributed by atoms with Crippen molar-refractivity contribution in [2.24, 2.45) is 0 Å². The zero-order valence-corrected chi connectivity index (χ0v) is 12.0. The summed E-state index contributed by atoms with van der Waals surface area (Å²) in [6, 6.07) is 13.0. The smallest absolute Gasteiger partial charge is 0.0489 e. The summed E-state index contributed by atoms with van der Waals surface area (Å²) in [6.07, 6.45) is 7.74. The van der Waals surface area contributed by atoms with Crippen LogP contribution in [-0.2, 0) is 6.54 Å². The van der Waals surface area contributed by atoms with Crippen LogP contribution in [0.4, 0.5) is 0 Å². The molecule has 2 heterocycles. The van der Waals surface area contributed by atoms with Gasteiger partial charge in [-0.15, -0.1) is 0 Å². The largest absolute Gasteiger partial charge is 0.303 e. The maximum Gasteiger partial charge on any atom is 0.0489 e. The fourth-order valence-corrected chi connectivity index (χ4v) is 3.14. The van der Waals surface area contributed by atoms with E-state index in [1.54, 1.807) is 0 Å². The first-order chi connectivity index (χ1) is 9.92. The van der Waals surface area contributed by atoms with Gasteiger partial charge in [0.05, 0.1) is 0 Å². The van der Waals surface area contributed by atoms with Crippen LogP contribution >= 0.6 is 0 Å². The first-order valence-electron chi connectivity index (χ1n) is 7.66. The number of aromatic nitrogens is 2. The molecule has 1 unspecified atom stereocenters. The molecule has 0 aliphatic carbocycles. The molecule has 0 saturated carbocycles. The molecule has 3 nitrogen and oxygen atoms in total. The standard InChI is InChI=1S/C17H23N3/c1-2-7-16(8-3-1)17-9-4-11-19(15-17)12-6-14-20-13-5-10-18-20/h1-3,5,7-8,10,13,17H,4,6,9,11-12,14-15H2. The van der Waals surface area contributed by atoms with Gasteiger partial charge in [-0.05, 0) is 49.9 Å². The van der Waals surface area contributed by atoms with Crippen molar-refractivity contribution in [2.45, 2.75) is 31.7 Å². The van der Waals surface area contributed by atoms with Gasteiger partial charge in [0.2, 0.25) is 0 Å². The molecule has 1 aromatic heterocycles. The quantitative estimate of drug-likeness (QED) is 0.831. The molecule has 3 rings (SSSR count). The second kappa shape index (κ2) is 6.71. The summed E-state index contributed by atoms with van der Waals surface area (Å²) in [6.45, 7) is 4.67. The summed E-state index contributed by atoms with van der Waals surface area (Å²) in [5, 5.41) is 4.26. The van der Waals surface area contributed by atoms with Crippen LogP contribution in [-0.4, -0.2) is 34.3 Å². The highest BCUT2D eigenvalue weighted by atomic mass is 15.3. The number of aryl methyl sites for hydroxylation is 1. The predicted molar refractivity (Wildman–Crippen MR) is 81.7 cm³/mol. The maximum atomic E-state index is 4.26. The van der Waals surface area contributed by atoms with Gasteiger partial charge in [-0.25, -0.2) is 0 Å². The van der Waals surface area contributed by atoms with Gasteiger partial charge in [0.1, 0.15) is 0 Å². The molecule has 0 N–H and O–H groups in total. The Morgan fingerprint density at radius 3 is 2.80 bits per heavy atom. The first-order valence-corrected chi connectivity index (χ1v) is 7.66. The molecule has 1 atom stereocenters. The Hall–Kier alpha value is -1.61. The van der Waals surface area contributed by atoms with Crippen LogP contribution in [0.1, 0.15) is 30.7 Å². The monoisotopic (exact) mass is 269 g/mol. The Balaban J connectivity index is 1.48. The van der Waals surface area contributed by atoms with E-state index >= 15 is 0 Å². The minimum absolute atomic E-state index is 0.717. The summed E-state index contributed by atoms with van der Waals surface area (Å²) >= 11 is 0. The van der Waals surface area contributed by atoms with Crippen LogP contribution in [0.5, 0.6) is 0 Å². The van der Waals surface area contributed by atoms with E-state index < -0.39 is 0 Å². The lowest BCUT2D eigenvalue weighted by Gasteiger charge is -2.33. The number of hydrogen-bond donors (Lipinski definition) is 0. The highest BCUT2D eigenvalue weighted by Gasteiger charge is 2.20. The normalized spacial score (nSPS) is 20.1. The van der Waals surface area contributed by atoms with Gasteiger partial charge in [-0.2, -0.15) is 5.10 Å². The van der Waals surface area contributed by atoms with Crippen LogP contribution in [0.2, 0.25) is 0 Å². The van der Waals surface area contributed by atoms with Crippen LogP contribution < -0.4 is 0 Å². The van der Waals surface area contributed by atoms with Gasteiger partial charge in [0, 0.05) is 25.5 Å². The van der Waals surface area contributed by atoms with Crippen molar-refractivity contribution in [3.8, 4) is 0 Å². The molecule has 1 fully saturated rings. The van der Waals surface area contributed by atoms with E-state index in [4.69, 9.17) is 0 Å². The molecule has 0 radical (unpaired) electrons. The van der Waals surface area contributed by atoms with Crippen molar-refractivity contribution in [2.75, 3.05) is 19.6 Å². The number of likely N-dealkylation sites (tertiary alicyclic amines) is 1. The molecule has 0 bridgehead atoms. The molecule has 20 heavy (non-hydrogen) atoms. The van der Waals surface area contributed by atoms with E-state index in [0.717, 1.165) is 12.5 Å². The Morgan fingerprint density at radius 1 is 1.10 bits per heavy atom. The fraction of sp³-hybridized carbons (Fsp3) is 0.471. The third-order valence-electron chi connectivity index (χ3n) is 4.20. The highest BCUT2D eigenvalue weighted by molar-refractivity contribution is 5.20. The molecule has 1 aliphatic heterocycles. The Kier molecular flexibility index (Phi) is 4.49. The zero-order valence-electron chi connectivity index (χ0n) is 12.0. The third-order valence-corrected chi connectivity index (χ3v) is 4.20. The lowest BCUT2D eigenvalue weighted by molar-refractivity contribution is 0.202. The molecule has 0 spiro atoms. The van der Waals surface area contributed by atoms with Crippen molar-refractivity contribution in [3.05, 3.63) is 54.4 Å². The minimum Gasteiger partial charge on any atom is -0.303 e. The van der Waals surface area contributed by atoms with Crippen molar-refractivity contribution >= 4 is 0 Å². The van der Waals surface area contributed by atoms with Crippen LogP contribution in [0, 0.1) is 0 Å². The van der Waals surface area contributed by atoms with Gasteiger partial charge in [0.15, 0.2) is 0 Å². The summed E-state index contributed by atoms with van der Waals surface area (Å²) in [5.41, 5.74) is 1.50. The van der Waals surface area contributed by atoms with E-state index in [2.05, 4.69) is 40.3 Å². The summed E-state index contributed by atoms with van der Waals surface area (Å²) in [4.78, 5) is 2.62. The van der Waals surface area contributed by atoms with E-state index in [1.807, 2.05) is 23.1 Å². The van der Waals surface area contributed by atoms with Crippen molar-refractivity contribution in [3.63, 3.8) is 0 Å². The van der Waals surface area contributed by atoms with E-state index in [1.165, 1.54) is 44.5 Å². The van der Waals surface area contributed by atoms with E-state index in [9.17, 15) is 0 Å². The number of nitrogens with zero attached hydrogens (tertiary/aromatic N) is 3. The second-order valence-electron chi connectivity index (χ2n) is 5.67. The topological polar surface area (TPSA) is 21.1 Å².